The minimum absolute atomic E-state index is 0.380. The average Bonchev–Trinajstić information content (AvgIpc) is 3.88. The lowest BCUT2D eigenvalue weighted by Crippen LogP contribution is -2.31. The van der Waals surface area contributed by atoms with Crippen molar-refractivity contribution in [3.05, 3.63) is 241 Å². The minimum Gasteiger partial charge on any atom is -0.455 e. The lowest BCUT2D eigenvalue weighted by molar-refractivity contribution is 0.670. The molecule has 1 spiro atoms. The van der Waals surface area contributed by atoms with Crippen LogP contribution in [0.2, 0.25) is 0 Å². The first-order chi connectivity index (χ1) is 31.2. The van der Waals surface area contributed by atoms with Crippen LogP contribution in [0.4, 0.5) is 0 Å². The van der Waals surface area contributed by atoms with E-state index in [2.05, 4.69) is 200 Å². The molecule has 0 saturated heterocycles. The van der Waals surface area contributed by atoms with Crippen LogP contribution in [0.1, 0.15) is 22.3 Å². The number of para-hydroxylation sites is 2. The van der Waals surface area contributed by atoms with Crippen LogP contribution in [0.5, 0.6) is 0 Å². The third-order valence-corrected chi connectivity index (χ3v) is 14.2. The first kappa shape index (κ1) is 35.9. The Morgan fingerprint density at radius 2 is 0.889 bits per heavy atom. The van der Waals surface area contributed by atoms with Gasteiger partial charge < -0.3 is 4.42 Å². The molecule has 0 fully saturated rings. The minimum atomic E-state index is -0.380. The van der Waals surface area contributed by atoms with Crippen molar-refractivity contribution in [3.8, 4) is 67.3 Å². The SMILES string of the molecule is c1ccc(-c2cc(-c3ccc(-c4cccc5c4oc4ccccc45)cc3)nc(-c3ccc(-c4ccc5c(c4)Sc4ccccc4C54c5ccccc5-c5ccccc54)cc3)n2)cc1. The molecule has 294 valence electrons. The summed E-state index contributed by atoms with van der Waals surface area (Å²) in [6.45, 7) is 0. The predicted molar refractivity (Wildman–Crippen MR) is 258 cm³/mol. The molecule has 0 N–H and O–H groups in total. The van der Waals surface area contributed by atoms with Crippen LogP contribution in [-0.4, -0.2) is 9.97 Å². The number of rotatable bonds is 5. The highest BCUT2D eigenvalue weighted by molar-refractivity contribution is 7.99. The average molecular weight is 821 g/mol. The Bertz CT molecular complexity index is 3540. The van der Waals surface area contributed by atoms with Gasteiger partial charge in [-0.1, -0.05) is 206 Å². The maximum Gasteiger partial charge on any atom is 0.160 e. The van der Waals surface area contributed by atoms with Crippen molar-refractivity contribution in [1.82, 2.24) is 9.97 Å². The summed E-state index contributed by atoms with van der Waals surface area (Å²) in [6, 6.07) is 78.4. The highest BCUT2D eigenvalue weighted by atomic mass is 32.2. The summed E-state index contributed by atoms with van der Waals surface area (Å²) >= 11 is 1.88. The van der Waals surface area contributed by atoms with E-state index in [0.29, 0.717) is 5.82 Å². The first-order valence-corrected chi connectivity index (χ1v) is 22.2. The zero-order valence-corrected chi connectivity index (χ0v) is 34.8. The summed E-state index contributed by atoms with van der Waals surface area (Å²) in [4.78, 5) is 12.9. The second-order valence-corrected chi connectivity index (χ2v) is 17.5. The molecule has 13 rings (SSSR count). The molecule has 4 heteroatoms. The zero-order chi connectivity index (χ0) is 41.5. The van der Waals surface area contributed by atoms with Crippen LogP contribution in [0, 0.1) is 0 Å². The lowest BCUT2D eigenvalue weighted by atomic mass is 9.67. The Kier molecular flexibility index (Phi) is 8.06. The second-order valence-electron chi connectivity index (χ2n) is 16.4. The molecule has 0 saturated carbocycles. The van der Waals surface area contributed by atoms with Gasteiger partial charge in [-0.05, 0) is 74.3 Å². The number of aromatic nitrogens is 2. The van der Waals surface area contributed by atoms with Crippen LogP contribution in [0.3, 0.4) is 0 Å². The molecule has 11 aromatic rings. The van der Waals surface area contributed by atoms with Crippen molar-refractivity contribution in [1.29, 1.82) is 0 Å². The third-order valence-electron chi connectivity index (χ3n) is 13.0. The largest absolute Gasteiger partial charge is 0.455 e. The molecule has 2 aliphatic rings. The summed E-state index contributed by atoms with van der Waals surface area (Å²) in [7, 11) is 0. The summed E-state index contributed by atoms with van der Waals surface area (Å²) in [5, 5.41) is 2.25. The molecule has 9 aromatic carbocycles. The summed E-state index contributed by atoms with van der Waals surface area (Å²) < 4.78 is 6.38. The van der Waals surface area contributed by atoms with E-state index in [-0.39, 0.29) is 5.41 Å². The van der Waals surface area contributed by atoms with Crippen molar-refractivity contribution < 1.29 is 4.42 Å². The van der Waals surface area contributed by atoms with Crippen molar-refractivity contribution >= 4 is 33.7 Å². The standard InChI is InChI=1S/C59H36N2OS/c1-2-13-39(14-3-1)52-36-53(40-29-27-38(28-30-40)43-18-12-19-47-46-17-6-10-23-54(46)62-57(43)47)61-58(60-52)41-31-25-37(26-32-41)42-33-34-51-56(35-42)63-55-24-11-9-22-50(55)59(51)48-20-7-4-15-44(48)45-16-5-8-21-49(45)59/h1-36H. The van der Waals surface area contributed by atoms with Gasteiger partial charge in [0.15, 0.2) is 5.82 Å². The number of nitrogens with zero attached hydrogens (tertiary/aromatic N) is 2. The van der Waals surface area contributed by atoms with E-state index in [1.807, 2.05) is 30.0 Å². The van der Waals surface area contributed by atoms with Gasteiger partial charge >= 0.3 is 0 Å². The fourth-order valence-electron chi connectivity index (χ4n) is 10.1. The van der Waals surface area contributed by atoms with Crippen LogP contribution < -0.4 is 0 Å². The van der Waals surface area contributed by atoms with Crippen molar-refractivity contribution in [2.24, 2.45) is 0 Å². The van der Waals surface area contributed by atoms with Crippen molar-refractivity contribution in [3.63, 3.8) is 0 Å². The Morgan fingerprint density at radius 1 is 0.349 bits per heavy atom. The van der Waals surface area contributed by atoms with Crippen LogP contribution in [-0.2, 0) is 5.41 Å². The Balaban J connectivity index is 0.872. The molecule has 1 aliphatic heterocycles. The lowest BCUT2D eigenvalue weighted by Gasteiger charge is -2.39. The Morgan fingerprint density at radius 3 is 1.65 bits per heavy atom. The second kappa shape index (κ2) is 14.1. The fourth-order valence-corrected chi connectivity index (χ4v) is 11.4. The highest BCUT2D eigenvalue weighted by Crippen LogP contribution is 2.62. The number of benzene rings is 9. The number of furan rings is 1. The third kappa shape index (κ3) is 5.55. The van der Waals surface area contributed by atoms with E-state index in [0.717, 1.165) is 66.7 Å². The molecule has 0 radical (unpaired) electrons. The van der Waals surface area contributed by atoms with E-state index in [1.165, 1.54) is 48.7 Å². The zero-order valence-electron chi connectivity index (χ0n) is 34.0. The van der Waals surface area contributed by atoms with E-state index < -0.39 is 0 Å². The summed E-state index contributed by atoms with van der Waals surface area (Å²) in [6.07, 6.45) is 0. The Hall–Kier alpha value is -7.79. The van der Waals surface area contributed by atoms with Crippen LogP contribution in [0.15, 0.2) is 233 Å². The van der Waals surface area contributed by atoms with Gasteiger partial charge in [0, 0.05) is 42.8 Å². The van der Waals surface area contributed by atoms with Gasteiger partial charge in [-0.3, -0.25) is 0 Å². The molecule has 0 bridgehead atoms. The van der Waals surface area contributed by atoms with Crippen molar-refractivity contribution in [2.75, 3.05) is 0 Å². The maximum atomic E-state index is 6.38. The quantitative estimate of drug-likeness (QED) is 0.173. The van der Waals surface area contributed by atoms with Crippen LogP contribution in [0.25, 0.3) is 89.2 Å². The molecule has 0 unspecified atom stereocenters. The van der Waals surface area contributed by atoms with Crippen molar-refractivity contribution in [2.45, 2.75) is 15.2 Å². The Labute approximate surface area is 369 Å². The van der Waals surface area contributed by atoms with Gasteiger partial charge in [-0.2, -0.15) is 0 Å². The topological polar surface area (TPSA) is 38.9 Å². The molecular formula is C59H36N2OS. The summed E-state index contributed by atoms with van der Waals surface area (Å²) in [5.74, 6) is 0.687. The predicted octanol–water partition coefficient (Wildman–Crippen LogP) is 15.5. The maximum absolute atomic E-state index is 6.38. The summed E-state index contributed by atoms with van der Waals surface area (Å²) in [5.41, 5.74) is 18.7. The first-order valence-electron chi connectivity index (χ1n) is 21.4. The van der Waals surface area contributed by atoms with Gasteiger partial charge in [0.25, 0.3) is 0 Å². The molecule has 0 amide bonds. The van der Waals surface area contributed by atoms with Gasteiger partial charge in [-0.15, -0.1) is 0 Å². The molecule has 1 aliphatic carbocycles. The fraction of sp³-hybridized carbons (Fsp3) is 0.0169. The van der Waals surface area contributed by atoms with Gasteiger partial charge in [0.1, 0.15) is 11.2 Å². The normalized spacial score (nSPS) is 13.1. The number of hydrogen-bond acceptors (Lipinski definition) is 4. The molecule has 3 heterocycles. The smallest absolute Gasteiger partial charge is 0.160 e. The highest BCUT2D eigenvalue weighted by Gasteiger charge is 2.50. The molecule has 2 aromatic heterocycles. The number of hydrogen-bond donors (Lipinski definition) is 0. The molecule has 63 heavy (non-hydrogen) atoms. The molecular weight excluding hydrogens is 785 g/mol. The van der Waals surface area contributed by atoms with E-state index in [1.54, 1.807) is 0 Å². The van der Waals surface area contributed by atoms with Gasteiger partial charge in [0.2, 0.25) is 0 Å². The van der Waals surface area contributed by atoms with E-state index in [9.17, 15) is 0 Å². The molecule has 0 atom stereocenters. The number of fused-ring (bicyclic) bond motifs is 12. The van der Waals surface area contributed by atoms with E-state index >= 15 is 0 Å². The van der Waals surface area contributed by atoms with E-state index in [4.69, 9.17) is 14.4 Å². The monoisotopic (exact) mass is 820 g/mol. The van der Waals surface area contributed by atoms with Gasteiger partial charge in [0.05, 0.1) is 16.8 Å². The van der Waals surface area contributed by atoms with Gasteiger partial charge in [-0.25, -0.2) is 9.97 Å². The molecule has 3 nitrogen and oxygen atoms in total. The van der Waals surface area contributed by atoms with Crippen LogP contribution >= 0.6 is 11.8 Å².